The number of aryl methyl sites for hydroxylation is 2. The topological polar surface area (TPSA) is 62.1 Å². The lowest BCUT2D eigenvalue weighted by molar-refractivity contribution is 0.00578. The minimum absolute atomic E-state index is 0.311. The Morgan fingerprint density at radius 1 is 0.964 bits per heavy atom. The van der Waals surface area contributed by atoms with Crippen LogP contribution in [0.5, 0.6) is 0 Å². The van der Waals surface area contributed by atoms with Crippen LogP contribution in [0.15, 0.2) is 30.6 Å². The van der Waals surface area contributed by atoms with Gasteiger partial charge in [0.05, 0.1) is 22.4 Å². The van der Waals surface area contributed by atoms with Gasteiger partial charge in [-0.2, -0.15) is 5.10 Å². The number of fused-ring (bicyclic) bond motifs is 1. The van der Waals surface area contributed by atoms with Crippen LogP contribution >= 0.6 is 23.2 Å². The lowest BCUT2D eigenvalue weighted by Crippen LogP contribution is -2.41. The summed E-state index contributed by atoms with van der Waals surface area (Å²) in [4.78, 5) is 7.22. The predicted molar refractivity (Wildman–Crippen MR) is 113 cm³/mol. The van der Waals surface area contributed by atoms with Crippen molar-refractivity contribution in [2.75, 3.05) is 0 Å². The van der Waals surface area contributed by atoms with E-state index in [0.29, 0.717) is 10.3 Å². The van der Waals surface area contributed by atoms with Gasteiger partial charge in [0, 0.05) is 18.5 Å². The van der Waals surface area contributed by atoms with Crippen molar-refractivity contribution in [3.8, 4) is 0 Å². The number of rotatable bonds is 1. The standard InChI is InChI=1S/C15H21BN2O2.C4H2Cl2N2/c1-10-12-8-7-11(9-13(12)18(6)17-10)16-19-14(2,3)15(4,5)20-16;5-3-1-4(6)8-2-7-3/h7-9H,1-6H3;1-2H. The number of nitrogens with zero attached hydrogens (tertiary/aromatic N) is 4. The fourth-order valence-electron chi connectivity index (χ4n) is 2.89. The van der Waals surface area contributed by atoms with Crippen LogP contribution in [0.4, 0.5) is 0 Å². The zero-order chi connectivity index (χ0) is 20.7. The molecule has 0 spiro atoms. The van der Waals surface area contributed by atoms with Gasteiger partial charge in [-0.1, -0.05) is 35.3 Å². The quantitative estimate of drug-likeness (QED) is 0.440. The average molecular weight is 421 g/mol. The Balaban J connectivity index is 0.000000236. The fraction of sp³-hybridized carbons (Fsp3) is 0.421. The van der Waals surface area contributed by atoms with E-state index in [1.807, 2.05) is 18.7 Å². The normalized spacial score (nSPS) is 17.5. The second-order valence-electron chi connectivity index (χ2n) is 7.74. The summed E-state index contributed by atoms with van der Waals surface area (Å²) in [6.07, 6.45) is 1.31. The molecule has 0 saturated carbocycles. The molecule has 0 bridgehead atoms. The highest BCUT2D eigenvalue weighted by Crippen LogP contribution is 2.36. The molecule has 1 saturated heterocycles. The van der Waals surface area contributed by atoms with Crippen LogP contribution in [0.3, 0.4) is 0 Å². The average Bonchev–Trinajstić information content (AvgIpc) is 2.99. The molecule has 0 atom stereocenters. The van der Waals surface area contributed by atoms with Crippen LogP contribution in [-0.2, 0) is 16.4 Å². The SMILES string of the molecule is Cc1nn(C)c2cc(B3OC(C)(C)C(C)(C)O3)ccc12.Clc1cc(Cl)ncn1. The van der Waals surface area contributed by atoms with Gasteiger partial charge in [-0.3, -0.25) is 4.68 Å². The Kier molecular flexibility index (Phi) is 5.74. The Labute approximate surface area is 175 Å². The molecule has 4 rings (SSSR count). The second-order valence-corrected chi connectivity index (χ2v) is 8.51. The third-order valence-electron chi connectivity index (χ3n) is 5.19. The van der Waals surface area contributed by atoms with Gasteiger partial charge < -0.3 is 9.31 Å². The van der Waals surface area contributed by atoms with E-state index in [1.165, 1.54) is 17.8 Å². The summed E-state index contributed by atoms with van der Waals surface area (Å²) in [5, 5.41) is 6.36. The highest BCUT2D eigenvalue weighted by Gasteiger charge is 2.51. The number of benzene rings is 1. The van der Waals surface area contributed by atoms with Gasteiger partial charge in [-0.25, -0.2) is 9.97 Å². The van der Waals surface area contributed by atoms with Crippen molar-refractivity contribution in [1.29, 1.82) is 0 Å². The Morgan fingerprint density at radius 2 is 1.54 bits per heavy atom. The Morgan fingerprint density at radius 3 is 2.04 bits per heavy atom. The molecule has 1 fully saturated rings. The largest absolute Gasteiger partial charge is 0.494 e. The molecule has 28 heavy (non-hydrogen) atoms. The monoisotopic (exact) mass is 420 g/mol. The van der Waals surface area contributed by atoms with Gasteiger partial charge >= 0.3 is 7.12 Å². The summed E-state index contributed by atoms with van der Waals surface area (Å²) in [7, 11) is 1.64. The first-order valence-electron chi connectivity index (χ1n) is 8.92. The van der Waals surface area contributed by atoms with E-state index >= 15 is 0 Å². The minimum atomic E-state index is -0.320. The van der Waals surface area contributed by atoms with Crippen molar-refractivity contribution in [2.24, 2.45) is 7.05 Å². The molecule has 1 aliphatic rings. The highest BCUT2D eigenvalue weighted by molar-refractivity contribution is 6.62. The molecular formula is C19H23BCl2N4O2. The van der Waals surface area contributed by atoms with Gasteiger partial charge in [0.15, 0.2) is 0 Å². The first kappa shape index (κ1) is 21.1. The van der Waals surface area contributed by atoms with E-state index in [-0.39, 0.29) is 18.3 Å². The van der Waals surface area contributed by atoms with Gasteiger partial charge in [0.1, 0.15) is 16.6 Å². The minimum Gasteiger partial charge on any atom is -0.399 e. The molecule has 0 aliphatic carbocycles. The molecular weight excluding hydrogens is 398 g/mol. The van der Waals surface area contributed by atoms with Gasteiger partial charge in [-0.05, 0) is 46.1 Å². The van der Waals surface area contributed by atoms with Crippen LogP contribution in [0.1, 0.15) is 33.4 Å². The number of hydrogen-bond donors (Lipinski definition) is 0. The second kappa shape index (κ2) is 7.63. The van der Waals surface area contributed by atoms with Crippen LogP contribution in [0.25, 0.3) is 10.9 Å². The van der Waals surface area contributed by atoms with Crippen LogP contribution < -0.4 is 5.46 Å². The molecule has 1 aromatic carbocycles. The maximum absolute atomic E-state index is 6.09. The van der Waals surface area contributed by atoms with Crippen LogP contribution in [0.2, 0.25) is 10.3 Å². The van der Waals surface area contributed by atoms with Gasteiger partial charge in [0.25, 0.3) is 0 Å². The summed E-state index contributed by atoms with van der Waals surface area (Å²) in [5.41, 5.74) is 2.57. The van der Waals surface area contributed by atoms with Gasteiger partial charge in [0.2, 0.25) is 0 Å². The zero-order valence-electron chi connectivity index (χ0n) is 16.8. The number of halogens is 2. The third-order valence-corrected chi connectivity index (χ3v) is 5.60. The Bertz CT molecular complexity index is 974. The molecule has 0 radical (unpaired) electrons. The summed E-state index contributed by atoms with van der Waals surface area (Å²) in [5.74, 6) is 0. The maximum Gasteiger partial charge on any atom is 0.494 e. The molecule has 3 aromatic rings. The highest BCUT2D eigenvalue weighted by atomic mass is 35.5. The lowest BCUT2D eigenvalue weighted by Gasteiger charge is -2.32. The molecule has 2 aromatic heterocycles. The first-order chi connectivity index (χ1) is 13.0. The summed E-state index contributed by atoms with van der Waals surface area (Å²) >= 11 is 10.8. The van der Waals surface area contributed by atoms with Crippen molar-refractivity contribution in [1.82, 2.24) is 19.7 Å². The van der Waals surface area contributed by atoms with Crippen LogP contribution in [-0.4, -0.2) is 38.1 Å². The molecule has 9 heteroatoms. The van der Waals surface area contributed by atoms with Crippen molar-refractivity contribution < 1.29 is 9.31 Å². The lowest BCUT2D eigenvalue weighted by atomic mass is 9.79. The molecule has 0 amide bonds. The van der Waals surface area contributed by atoms with E-state index in [9.17, 15) is 0 Å². The van der Waals surface area contributed by atoms with E-state index in [4.69, 9.17) is 32.5 Å². The molecule has 148 valence electrons. The maximum atomic E-state index is 6.09. The zero-order valence-corrected chi connectivity index (χ0v) is 18.3. The molecule has 3 heterocycles. The predicted octanol–water partition coefficient (Wildman–Crippen LogP) is 3.96. The number of aromatic nitrogens is 4. The molecule has 0 unspecified atom stereocenters. The summed E-state index contributed by atoms with van der Waals surface area (Å²) in [6.45, 7) is 10.3. The van der Waals surface area contributed by atoms with Crippen molar-refractivity contribution in [2.45, 2.75) is 45.8 Å². The number of hydrogen-bond acceptors (Lipinski definition) is 5. The smallest absolute Gasteiger partial charge is 0.399 e. The van der Waals surface area contributed by atoms with Gasteiger partial charge in [-0.15, -0.1) is 0 Å². The van der Waals surface area contributed by atoms with Crippen LogP contribution in [0, 0.1) is 6.92 Å². The van der Waals surface area contributed by atoms with E-state index in [0.717, 1.165) is 16.7 Å². The Hall–Kier alpha value is -1.67. The summed E-state index contributed by atoms with van der Waals surface area (Å²) < 4.78 is 14.1. The molecule has 0 N–H and O–H groups in total. The summed E-state index contributed by atoms with van der Waals surface area (Å²) in [6, 6.07) is 7.75. The van der Waals surface area contributed by atoms with E-state index in [1.54, 1.807) is 0 Å². The molecule has 1 aliphatic heterocycles. The van der Waals surface area contributed by atoms with E-state index < -0.39 is 0 Å². The van der Waals surface area contributed by atoms with E-state index in [2.05, 4.69) is 61.0 Å². The first-order valence-corrected chi connectivity index (χ1v) is 9.68. The molecule has 6 nitrogen and oxygen atoms in total. The van der Waals surface area contributed by atoms with Crippen molar-refractivity contribution in [3.63, 3.8) is 0 Å². The van der Waals surface area contributed by atoms with Crippen molar-refractivity contribution >= 4 is 46.7 Å². The third kappa shape index (κ3) is 4.18. The van der Waals surface area contributed by atoms with Crippen molar-refractivity contribution in [3.05, 3.63) is 46.6 Å². The fourth-order valence-corrected chi connectivity index (χ4v) is 3.24.